The fourth-order valence-electron chi connectivity index (χ4n) is 0.575. The Morgan fingerprint density at radius 2 is 1.12 bits per heavy atom. The number of hydrogen-bond acceptors (Lipinski definition) is 4. The van der Waals surface area contributed by atoms with E-state index in [-0.39, 0.29) is 16.5 Å². The summed E-state index contributed by atoms with van der Waals surface area (Å²) in [7, 11) is 0. The smallest absolute Gasteiger partial charge is 0.412 e. The molecular weight excluding hydrogens is 335 g/mol. The quantitative estimate of drug-likeness (QED) is 0.455. The molecule has 0 aliphatic carbocycles. The van der Waals surface area contributed by atoms with Crippen molar-refractivity contribution in [1.29, 1.82) is 0 Å². The maximum Gasteiger partial charge on any atom is 2.00 e. The van der Waals surface area contributed by atoms with Crippen molar-refractivity contribution in [3.63, 3.8) is 0 Å². The van der Waals surface area contributed by atoms with E-state index in [9.17, 15) is 0 Å². The van der Waals surface area contributed by atoms with E-state index < -0.39 is 0 Å². The third-order valence-corrected chi connectivity index (χ3v) is 1.89. The van der Waals surface area contributed by atoms with Crippen molar-refractivity contribution in [3.05, 3.63) is 0 Å². The Morgan fingerprint density at radius 3 is 1.18 bits per heavy atom. The molecule has 0 atom stereocenters. The molecule has 0 saturated heterocycles. The fraction of sp³-hybridized carbons (Fsp3) is 0.800. The Balaban J connectivity index is -0.000000218. The fourth-order valence-corrected chi connectivity index (χ4v) is 0.908. The van der Waals surface area contributed by atoms with Crippen LogP contribution in [-0.2, 0) is 41.7 Å². The minimum atomic E-state index is 0. The van der Waals surface area contributed by atoms with Gasteiger partial charge in [-0.3, -0.25) is 0 Å². The molecule has 0 aromatic heterocycles. The standard InChI is InChI=1S/2C5H11NS2.Ni/c2*1-4(2)3-6-5(7)8;/h2*4H,3H2,1-2H3,(H2,6,7,8);/q;;+2/p-2. The third-order valence-electron chi connectivity index (χ3n) is 1.31. The van der Waals surface area contributed by atoms with Crippen molar-refractivity contribution in [2.24, 2.45) is 11.8 Å². The normalized spacial score (nSPS) is 8.82. The Labute approximate surface area is 137 Å². The Hall–Kier alpha value is 0.714. The summed E-state index contributed by atoms with van der Waals surface area (Å²) in [6.07, 6.45) is 0. The SMILES string of the molecule is CC(C)CNC(=S)[S-].CC(C)CNC(=S)[S-].[Ni+2]. The van der Waals surface area contributed by atoms with Crippen molar-refractivity contribution in [2.75, 3.05) is 13.1 Å². The van der Waals surface area contributed by atoms with Crippen LogP contribution in [-0.4, -0.2) is 21.7 Å². The zero-order valence-electron chi connectivity index (χ0n) is 10.5. The predicted octanol–water partition coefficient (Wildman–Crippen LogP) is 2.13. The molecule has 0 aromatic rings. The van der Waals surface area contributed by atoms with Gasteiger partial charge in [-0.1, -0.05) is 36.3 Å². The van der Waals surface area contributed by atoms with Crippen molar-refractivity contribution in [2.45, 2.75) is 27.7 Å². The van der Waals surface area contributed by atoms with Crippen LogP contribution in [0.1, 0.15) is 27.7 Å². The second-order valence-electron chi connectivity index (χ2n) is 4.12. The molecule has 0 saturated carbocycles. The molecule has 0 fully saturated rings. The molecule has 0 amide bonds. The van der Waals surface area contributed by atoms with E-state index in [4.69, 9.17) is 0 Å². The summed E-state index contributed by atoms with van der Waals surface area (Å²) in [5.41, 5.74) is 0. The van der Waals surface area contributed by atoms with Crippen LogP contribution in [0.25, 0.3) is 0 Å². The number of rotatable bonds is 4. The van der Waals surface area contributed by atoms with Crippen LogP contribution in [0.3, 0.4) is 0 Å². The van der Waals surface area contributed by atoms with E-state index >= 15 is 0 Å². The van der Waals surface area contributed by atoms with E-state index in [1.165, 1.54) is 0 Å². The molecule has 2 N–H and O–H groups in total. The van der Waals surface area contributed by atoms with Gasteiger partial charge in [0.15, 0.2) is 0 Å². The molecule has 2 nitrogen and oxygen atoms in total. The molecule has 0 aliphatic rings. The zero-order chi connectivity index (χ0) is 13.1. The van der Waals surface area contributed by atoms with Gasteiger partial charge in [0.2, 0.25) is 0 Å². The molecule has 0 rings (SSSR count). The van der Waals surface area contributed by atoms with Crippen LogP contribution >= 0.6 is 24.4 Å². The first-order valence-corrected chi connectivity index (χ1v) is 6.78. The van der Waals surface area contributed by atoms with Gasteiger partial charge >= 0.3 is 16.5 Å². The molecule has 7 heteroatoms. The Kier molecular flexibility index (Phi) is 19.9. The average Bonchev–Trinajstić information content (AvgIpc) is 2.12. The van der Waals surface area contributed by atoms with E-state index in [1.807, 2.05) is 0 Å². The maximum absolute atomic E-state index is 4.62. The van der Waals surface area contributed by atoms with Gasteiger partial charge in [-0.15, -0.1) is 0 Å². The van der Waals surface area contributed by atoms with Crippen LogP contribution < -0.4 is 10.6 Å². The van der Waals surface area contributed by atoms with Gasteiger partial charge in [-0.2, -0.15) is 0 Å². The van der Waals surface area contributed by atoms with Crippen LogP contribution in [0.5, 0.6) is 0 Å². The van der Waals surface area contributed by atoms with Crippen LogP contribution in [0.15, 0.2) is 0 Å². The summed E-state index contributed by atoms with van der Waals surface area (Å²) < 4.78 is 0.942. The first kappa shape index (κ1) is 22.9. The molecule has 104 valence electrons. The minimum Gasteiger partial charge on any atom is -0.412 e. The molecule has 0 aliphatic heterocycles. The van der Waals surface area contributed by atoms with Crippen molar-refractivity contribution >= 4 is 58.3 Å². The summed E-state index contributed by atoms with van der Waals surface area (Å²) >= 11 is 18.5. The van der Waals surface area contributed by atoms with Gasteiger partial charge in [0.1, 0.15) is 0 Å². The van der Waals surface area contributed by atoms with Gasteiger partial charge in [-0.05, 0) is 11.8 Å². The van der Waals surface area contributed by atoms with E-state index in [1.54, 1.807) is 0 Å². The predicted molar refractivity (Wildman–Crippen MR) is 85.6 cm³/mol. The molecule has 0 heterocycles. The average molecular weight is 355 g/mol. The first-order chi connectivity index (χ1) is 7.25. The molecule has 17 heavy (non-hydrogen) atoms. The summed E-state index contributed by atoms with van der Waals surface area (Å²) in [6.45, 7) is 10.2. The maximum atomic E-state index is 4.62. The second kappa shape index (κ2) is 14.8. The molecule has 0 unspecified atom stereocenters. The van der Waals surface area contributed by atoms with Crippen LogP contribution in [0.4, 0.5) is 0 Å². The molecule has 0 radical (unpaired) electrons. The molecule has 0 bridgehead atoms. The first-order valence-electron chi connectivity index (χ1n) is 5.15. The summed E-state index contributed by atoms with van der Waals surface area (Å²) in [5.74, 6) is 1.24. The van der Waals surface area contributed by atoms with E-state index in [0.717, 1.165) is 13.1 Å². The number of nitrogens with one attached hydrogen (secondary N) is 2. The van der Waals surface area contributed by atoms with Gasteiger partial charge in [0.25, 0.3) is 0 Å². The molecular formula is C10H20N2NiS4. The summed E-state index contributed by atoms with van der Waals surface area (Å²) in [4.78, 5) is 0. The summed E-state index contributed by atoms with van der Waals surface area (Å²) in [5, 5.41) is 5.78. The Bertz CT molecular complexity index is 188. The topological polar surface area (TPSA) is 24.1 Å². The van der Waals surface area contributed by atoms with Crippen LogP contribution in [0.2, 0.25) is 0 Å². The third kappa shape index (κ3) is 31.5. The van der Waals surface area contributed by atoms with Gasteiger partial charge in [0.05, 0.1) is 0 Å². The van der Waals surface area contributed by atoms with Crippen LogP contribution in [0, 0.1) is 11.8 Å². The largest absolute Gasteiger partial charge is 2.00 e. The zero-order valence-corrected chi connectivity index (χ0v) is 14.8. The summed E-state index contributed by atoms with van der Waals surface area (Å²) in [6, 6.07) is 0. The minimum absolute atomic E-state index is 0. The molecule has 0 spiro atoms. The number of thiocarbonyl (C=S) groups is 2. The van der Waals surface area contributed by atoms with E-state index in [0.29, 0.717) is 20.5 Å². The Morgan fingerprint density at radius 1 is 0.882 bits per heavy atom. The number of hydrogen-bond donors (Lipinski definition) is 2. The van der Waals surface area contributed by atoms with E-state index in [2.05, 4.69) is 88.0 Å². The van der Waals surface area contributed by atoms with Gasteiger partial charge in [0, 0.05) is 13.1 Å². The monoisotopic (exact) mass is 354 g/mol. The van der Waals surface area contributed by atoms with Crippen molar-refractivity contribution in [1.82, 2.24) is 10.6 Å². The van der Waals surface area contributed by atoms with Crippen molar-refractivity contribution in [3.8, 4) is 0 Å². The van der Waals surface area contributed by atoms with Gasteiger partial charge in [-0.25, -0.2) is 0 Å². The molecule has 0 aromatic carbocycles. The van der Waals surface area contributed by atoms with Gasteiger partial charge < -0.3 is 60.3 Å². The second-order valence-corrected chi connectivity index (χ2v) is 6.27. The van der Waals surface area contributed by atoms with Crippen molar-refractivity contribution < 1.29 is 16.5 Å².